The molecule has 3 rings (SSSR count). The molecule has 33 heavy (non-hydrogen) atoms. The number of aliphatic imine (C=N–C) groups is 1. The highest BCUT2D eigenvalue weighted by Crippen LogP contribution is 2.27. The molecule has 2 aromatic rings. The van der Waals surface area contributed by atoms with Crippen molar-refractivity contribution in [2.24, 2.45) is 4.99 Å². The molecule has 9 heteroatoms. The zero-order valence-corrected chi connectivity index (χ0v) is 18.8. The zero-order chi connectivity index (χ0) is 24.1. The van der Waals surface area contributed by atoms with Crippen molar-refractivity contribution in [1.82, 2.24) is 5.32 Å². The average molecular weight is 451 g/mol. The van der Waals surface area contributed by atoms with Gasteiger partial charge >= 0.3 is 17.8 Å². The lowest BCUT2D eigenvalue weighted by atomic mass is 10.1. The number of ether oxygens (including phenoxy) is 1. The van der Waals surface area contributed by atoms with E-state index in [1.807, 2.05) is 19.9 Å². The number of aliphatic hydroxyl groups is 1. The largest absolute Gasteiger partial charge is 0.505 e. The van der Waals surface area contributed by atoms with Crippen molar-refractivity contribution in [3.05, 3.63) is 70.0 Å². The highest BCUT2D eigenvalue weighted by Gasteiger charge is 2.27. The molecule has 0 atom stereocenters. The maximum absolute atomic E-state index is 12.1. The van der Waals surface area contributed by atoms with Gasteiger partial charge in [0.15, 0.2) is 5.76 Å². The number of carbonyl (C=O) groups is 3. The second kappa shape index (κ2) is 9.99. The van der Waals surface area contributed by atoms with E-state index in [1.54, 1.807) is 38.1 Å². The summed E-state index contributed by atoms with van der Waals surface area (Å²) in [5.74, 6) is -1.79. The number of benzene rings is 1. The van der Waals surface area contributed by atoms with E-state index in [-0.39, 0.29) is 30.2 Å². The van der Waals surface area contributed by atoms with E-state index >= 15 is 0 Å². The van der Waals surface area contributed by atoms with Crippen LogP contribution in [-0.2, 0) is 25.7 Å². The third-order valence-electron chi connectivity index (χ3n) is 4.68. The molecule has 0 fully saturated rings. The molecular weight excluding hydrogens is 426 g/mol. The van der Waals surface area contributed by atoms with E-state index in [1.165, 1.54) is 6.08 Å². The van der Waals surface area contributed by atoms with Crippen LogP contribution in [0.2, 0.25) is 0 Å². The highest BCUT2D eigenvalue weighted by molar-refractivity contribution is 6.39. The fourth-order valence-corrected chi connectivity index (χ4v) is 3.32. The van der Waals surface area contributed by atoms with Crippen molar-refractivity contribution in [3.8, 4) is 0 Å². The van der Waals surface area contributed by atoms with Crippen LogP contribution in [0, 0.1) is 13.8 Å². The lowest BCUT2D eigenvalue weighted by molar-refractivity contribution is -0.138. The molecule has 9 nitrogen and oxygen atoms in total. The number of amides is 2. The molecule has 0 aliphatic carbocycles. The molecule has 1 aliphatic heterocycles. The number of nitrogens with one attached hydrogen (secondary N) is 2. The van der Waals surface area contributed by atoms with Crippen molar-refractivity contribution in [3.63, 3.8) is 0 Å². The summed E-state index contributed by atoms with van der Waals surface area (Å²) in [5, 5.41) is 15.4. The Morgan fingerprint density at radius 3 is 2.45 bits per heavy atom. The summed E-state index contributed by atoms with van der Waals surface area (Å²) in [7, 11) is 0. The van der Waals surface area contributed by atoms with Crippen LogP contribution in [0.3, 0.4) is 0 Å². The molecule has 172 valence electrons. The SMILES string of the molecule is CCOC(=O)C1=C(O)/C(=C\c2ccc(CNC(=O)C(=O)Nc3cc(C)cc(C)c3)o2)N=C1C. The first-order valence-corrected chi connectivity index (χ1v) is 10.3. The van der Waals surface area contributed by atoms with E-state index in [2.05, 4.69) is 15.6 Å². The van der Waals surface area contributed by atoms with Crippen molar-refractivity contribution < 1.29 is 28.6 Å². The fraction of sp³-hybridized carbons (Fsp3) is 0.250. The summed E-state index contributed by atoms with van der Waals surface area (Å²) in [6, 6.07) is 8.74. The minimum Gasteiger partial charge on any atom is -0.505 e. The third-order valence-corrected chi connectivity index (χ3v) is 4.68. The van der Waals surface area contributed by atoms with Gasteiger partial charge in [-0.2, -0.15) is 0 Å². The molecule has 1 aliphatic rings. The minimum atomic E-state index is -0.805. The molecular formula is C24H25N3O6. The van der Waals surface area contributed by atoms with Crippen LogP contribution in [0.1, 0.15) is 36.5 Å². The van der Waals surface area contributed by atoms with Crippen LogP contribution in [0.4, 0.5) is 5.69 Å². The van der Waals surface area contributed by atoms with E-state index in [9.17, 15) is 19.5 Å². The van der Waals surface area contributed by atoms with Crippen molar-refractivity contribution in [2.45, 2.75) is 34.2 Å². The zero-order valence-electron chi connectivity index (χ0n) is 18.8. The van der Waals surface area contributed by atoms with Crippen LogP contribution < -0.4 is 10.6 Å². The number of carbonyl (C=O) groups excluding carboxylic acids is 3. The predicted octanol–water partition coefficient (Wildman–Crippen LogP) is 3.34. The lowest BCUT2D eigenvalue weighted by Crippen LogP contribution is -2.34. The number of furan rings is 1. The molecule has 0 unspecified atom stereocenters. The minimum absolute atomic E-state index is 0.0111. The number of hydrogen-bond donors (Lipinski definition) is 3. The summed E-state index contributed by atoms with van der Waals surface area (Å²) < 4.78 is 10.5. The Kier molecular flexibility index (Phi) is 7.12. The molecule has 0 radical (unpaired) electrons. The highest BCUT2D eigenvalue weighted by atomic mass is 16.5. The third kappa shape index (κ3) is 5.76. The predicted molar refractivity (Wildman–Crippen MR) is 122 cm³/mol. The van der Waals surface area contributed by atoms with Crippen LogP contribution in [0.25, 0.3) is 6.08 Å². The number of aliphatic hydroxyl groups excluding tert-OH is 1. The van der Waals surface area contributed by atoms with Gasteiger partial charge in [0.2, 0.25) is 0 Å². The molecule has 2 heterocycles. The van der Waals surface area contributed by atoms with E-state index < -0.39 is 17.8 Å². The smallest absolute Gasteiger partial charge is 0.343 e. The number of esters is 1. The van der Waals surface area contributed by atoms with Crippen LogP contribution in [0.5, 0.6) is 0 Å². The number of rotatable bonds is 6. The summed E-state index contributed by atoms with van der Waals surface area (Å²) in [6.07, 6.45) is 1.46. The normalized spacial score (nSPS) is 14.3. The van der Waals surface area contributed by atoms with E-state index in [0.29, 0.717) is 22.9 Å². The second-order valence-corrected chi connectivity index (χ2v) is 7.49. The maximum atomic E-state index is 12.1. The molecule has 1 aromatic heterocycles. The van der Waals surface area contributed by atoms with E-state index in [0.717, 1.165) is 11.1 Å². The van der Waals surface area contributed by atoms with Gasteiger partial charge in [0.05, 0.1) is 18.9 Å². The van der Waals surface area contributed by atoms with Crippen LogP contribution >= 0.6 is 0 Å². The second-order valence-electron chi connectivity index (χ2n) is 7.49. The quantitative estimate of drug-likeness (QED) is 0.456. The van der Waals surface area contributed by atoms with E-state index in [4.69, 9.17) is 9.15 Å². The Hall–Kier alpha value is -4.14. The maximum Gasteiger partial charge on any atom is 0.343 e. The van der Waals surface area contributed by atoms with Crippen molar-refractivity contribution in [2.75, 3.05) is 11.9 Å². The van der Waals surface area contributed by atoms with Gasteiger partial charge in [0.1, 0.15) is 22.8 Å². The monoisotopic (exact) mass is 451 g/mol. The lowest BCUT2D eigenvalue weighted by Gasteiger charge is -2.07. The van der Waals surface area contributed by atoms with Crippen LogP contribution in [-0.4, -0.2) is 35.2 Å². The average Bonchev–Trinajstić information content (AvgIpc) is 3.29. The van der Waals surface area contributed by atoms with Gasteiger partial charge in [0.25, 0.3) is 0 Å². The Morgan fingerprint density at radius 2 is 1.79 bits per heavy atom. The first-order valence-electron chi connectivity index (χ1n) is 10.3. The molecule has 0 saturated carbocycles. The summed E-state index contributed by atoms with van der Waals surface area (Å²) >= 11 is 0. The van der Waals surface area contributed by atoms with Gasteiger partial charge in [-0.15, -0.1) is 0 Å². The molecule has 3 N–H and O–H groups in total. The van der Waals surface area contributed by atoms with Crippen LogP contribution in [0.15, 0.2) is 56.8 Å². The molecule has 2 amide bonds. The standard InChI is InChI=1S/C24H25N3O6/c1-5-32-24(31)20-15(4)26-19(21(20)28)11-17-6-7-18(33-17)12-25-22(29)23(30)27-16-9-13(2)8-14(3)10-16/h6-11,28H,5,12H2,1-4H3,(H,25,29)(H,27,30)/b19-11+. The summed E-state index contributed by atoms with van der Waals surface area (Å²) in [4.78, 5) is 40.4. The fourth-order valence-electron chi connectivity index (χ4n) is 3.32. The van der Waals surface area contributed by atoms with Gasteiger partial charge in [-0.1, -0.05) is 6.07 Å². The first kappa shape index (κ1) is 23.5. The first-order chi connectivity index (χ1) is 15.7. The Bertz CT molecular complexity index is 1180. The van der Waals surface area contributed by atoms with Gasteiger partial charge in [-0.05, 0) is 63.1 Å². The van der Waals surface area contributed by atoms with Gasteiger partial charge in [-0.3, -0.25) is 9.59 Å². The van der Waals surface area contributed by atoms with Crippen molar-refractivity contribution in [1.29, 1.82) is 0 Å². The van der Waals surface area contributed by atoms with Gasteiger partial charge < -0.3 is 24.9 Å². The number of anilines is 1. The van der Waals surface area contributed by atoms with Gasteiger partial charge in [0, 0.05) is 11.8 Å². The summed E-state index contributed by atoms with van der Waals surface area (Å²) in [5.41, 5.74) is 3.00. The molecule has 0 bridgehead atoms. The Morgan fingerprint density at radius 1 is 1.09 bits per heavy atom. The molecule has 1 aromatic carbocycles. The number of nitrogens with zero attached hydrogens (tertiary/aromatic N) is 1. The van der Waals surface area contributed by atoms with Gasteiger partial charge in [-0.25, -0.2) is 9.79 Å². The number of hydrogen-bond acceptors (Lipinski definition) is 7. The number of aryl methyl sites for hydroxylation is 2. The molecule has 0 saturated heterocycles. The summed E-state index contributed by atoms with van der Waals surface area (Å²) in [6.45, 7) is 7.23. The van der Waals surface area contributed by atoms with Crippen molar-refractivity contribution >= 4 is 35.3 Å². The topological polar surface area (TPSA) is 130 Å². The molecule has 0 spiro atoms. The Balaban J connectivity index is 1.61. The Labute approximate surface area is 190 Å².